The average Bonchev–Trinajstić information content (AvgIpc) is 2.74. The van der Waals surface area contributed by atoms with Crippen molar-refractivity contribution in [1.82, 2.24) is 4.90 Å². The number of carboxylic acids is 1. The van der Waals surface area contributed by atoms with Crippen molar-refractivity contribution in [1.29, 1.82) is 0 Å². The summed E-state index contributed by atoms with van der Waals surface area (Å²) in [6.45, 7) is 5.03. The van der Waals surface area contributed by atoms with Gasteiger partial charge in [0.25, 0.3) is 0 Å². The molecule has 2 aliphatic rings. The van der Waals surface area contributed by atoms with Crippen LogP contribution in [0.3, 0.4) is 0 Å². The zero-order valence-corrected chi connectivity index (χ0v) is 10.8. The lowest BCUT2D eigenvalue weighted by Crippen LogP contribution is -2.36. The fourth-order valence-electron chi connectivity index (χ4n) is 3.25. The molecule has 0 aromatic carbocycles. The summed E-state index contributed by atoms with van der Waals surface area (Å²) in [6, 6.07) is 0. The molecule has 1 aliphatic carbocycles. The summed E-state index contributed by atoms with van der Waals surface area (Å²) in [5.41, 5.74) is -0.392. The lowest BCUT2D eigenvalue weighted by atomic mass is 9.81. The van der Waals surface area contributed by atoms with Crippen molar-refractivity contribution in [3.05, 3.63) is 0 Å². The quantitative estimate of drug-likeness (QED) is 0.749. The van der Waals surface area contributed by atoms with E-state index in [0.29, 0.717) is 5.92 Å². The largest absolute Gasteiger partial charge is 0.481 e. The third-order valence-electron chi connectivity index (χ3n) is 4.12. The number of fused-ring (bicyclic) bond motifs is 1. The second-order valence-corrected chi connectivity index (χ2v) is 6.38. The number of rotatable bonds is 5. The predicted octanol–water partition coefficient (Wildman–Crippen LogP) is 1.93. The summed E-state index contributed by atoms with van der Waals surface area (Å²) in [5.74, 6) is 2.15. The molecule has 0 bridgehead atoms. The van der Waals surface area contributed by atoms with E-state index in [-0.39, 0.29) is 0 Å². The molecule has 0 radical (unpaired) electrons. The molecule has 2 rings (SSSR count). The van der Waals surface area contributed by atoms with Crippen molar-refractivity contribution in [2.45, 2.75) is 26.2 Å². The van der Waals surface area contributed by atoms with Gasteiger partial charge in [-0.05, 0) is 24.5 Å². The number of carboxylic acid groups (broad SMARTS) is 1. The maximum Gasteiger partial charge on any atom is 0.311 e. The predicted molar refractivity (Wildman–Crippen MR) is 66.8 cm³/mol. The third-order valence-corrected chi connectivity index (χ3v) is 5.00. The lowest BCUT2D eigenvalue weighted by Gasteiger charge is -2.23. The molecule has 2 atom stereocenters. The van der Waals surface area contributed by atoms with Crippen LogP contribution >= 0.6 is 11.8 Å². The second-order valence-electron chi connectivity index (χ2n) is 4.98. The maximum atomic E-state index is 11.4. The van der Waals surface area contributed by atoms with Gasteiger partial charge in [-0.2, -0.15) is 11.8 Å². The van der Waals surface area contributed by atoms with Crippen LogP contribution in [0.25, 0.3) is 0 Å². The number of carbonyl (C=O) groups is 1. The van der Waals surface area contributed by atoms with Gasteiger partial charge in [-0.25, -0.2) is 0 Å². The first-order valence-corrected chi connectivity index (χ1v) is 7.38. The maximum absolute atomic E-state index is 11.4. The topological polar surface area (TPSA) is 40.5 Å². The third kappa shape index (κ3) is 2.09. The SMILES string of the molecule is CCSCCN1C[C@@H]2CCC[C@@]2(C(=O)O)C1. The van der Waals surface area contributed by atoms with E-state index in [1.165, 1.54) is 0 Å². The van der Waals surface area contributed by atoms with Crippen LogP contribution < -0.4 is 0 Å². The van der Waals surface area contributed by atoms with E-state index < -0.39 is 11.4 Å². The van der Waals surface area contributed by atoms with Gasteiger partial charge in [-0.1, -0.05) is 13.3 Å². The van der Waals surface area contributed by atoms with Gasteiger partial charge in [0.15, 0.2) is 0 Å². The summed E-state index contributed by atoms with van der Waals surface area (Å²) in [5, 5.41) is 9.43. The van der Waals surface area contributed by atoms with Gasteiger partial charge in [-0.3, -0.25) is 4.79 Å². The monoisotopic (exact) mass is 243 g/mol. The highest BCUT2D eigenvalue weighted by atomic mass is 32.2. The number of hydrogen-bond donors (Lipinski definition) is 1. The summed E-state index contributed by atoms with van der Waals surface area (Å²) < 4.78 is 0. The Kier molecular flexibility index (Phi) is 3.80. The van der Waals surface area contributed by atoms with Crippen LogP contribution in [-0.4, -0.2) is 47.1 Å². The van der Waals surface area contributed by atoms with Crippen molar-refractivity contribution >= 4 is 17.7 Å². The average molecular weight is 243 g/mol. The standard InChI is InChI=1S/C12H21NO2S/c1-2-16-7-6-13-8-10-4-3-5-12(10,9-13)11(14)15/h10H,2-9H2,1H3,(H,14,15)/t10-,12+/m0/s1. The Bertz CT molecular complexity index is 272. The van der Waals surface area contributed by atoms with Crippen molar-refractivity contribution in [2.24, 2.45) is 11.3 Å². The minimum Gasteiger partial charge on any atom is -0.481 e. The minimum absolute atomic E-state index is 0.392. The van der Waals surface area contributed by atoms with Crippen LogP contribution in [0.2, 0.25) is 0 Å². The highest BCUT2D eigenvalue weighted by Crippen LogP contribution is 2.48. The number of nitrogens with zero attached hydrogens (tertiary/aromatic N) is 1. The lowest BCUT2D eigenvalue weighted by molar-refractivity contribution is -0.149. The molecule has 0 aromatic heterocycles. The van der Waals surface area contributed by atoms with E-state index in [1.807, 2.05) is 11.8 Å². The molecule has 4 heteroatoms. The summed E-state index contributed by atoms with van der Waals surface area (Å²) in [6.07, 6.45) is 3.11. The molecular weight excluding hydrogens is 222 g/mol. The fourth-order valence-corrected chi connectivity index (χ4v) is 3.93. The van der Waals surface area contributed by atoms with Gasteiger partial charge in [0.2, 0.25) is 0 Å². The summed E-state index contributed by atoms with van der Waals surface area (Å²) in [7, 11) is 0. The van der Waals surface area contributed by atoms with Gasteiger partial charge in [-0.15, -0.1) is 0 Å². The summed E-state index contributed by atoms with van der Waals surface area (Å²) in [4.78, 5) is 13.8. The highest BCUT2D eigenvalue weighted by Gasteiger charge is 2.54. The Labute approximate surface area is 102 Å². The van der Waals surface area contributed by atoms with Crippen LogP contribution in [0.4, 0.5) is 0 Å². The van der Waals surface area contributed by atoms with Crippen molar-refractivity contribution in [3.8, 4) is 0 Å². The Morgan fingerprint density at radius 3 is 3.06 bits per heavy atom. The summed E-state index contributed by atoms with van der Waals surface area (Å²) >= 11 is 1.94. The van der Waals surface area contributed by atoms with Gasteiger partial charge in [0.1, 0.15) is 0 Å². The molecule has 0 spiro atoms. The van der Waals surface area contributed by atoms with Gasteiger partial charge in [0, 0.05) is 25.4 Å². The molecule has 0 aromatic rings. The van der Waals surface area contributed by atoms with Crippen molar-refractivity contribution in [3.63, 3.8) is 0 Å². The van der Waals surface area contributed by atoms with Crippen LogP contribution in [0.5, 0.6) is 0 Å². The first kappa shape index (κ1) is 12.2. The number of aliphatic carboxylic acids is 1. The molecule has 1 aliphatic heterocycles. The van der Waals surface area contributed by atoms with Crippen LogP contribution in [0, 0.1) is 11.3 Å². The first-order valence-electron chi connectivity index (χ1n) is 6.22. The molecule has 92 valence electrons. The molecule has 2 fully saturated rings. The number of likely N-dealkylation sites (tertiary alicyclic amines) is 1. The Balaban J connectivity index is 1.92. The van der Waals surface area contributed by atoms with E-state index >= 15 is 0 Å². The van der Waals surface area contributed by atoms with Crippen molar-refractivity contribution in [2.75, 3.05) is 31.1 Å². The van der Waals surface area contributed by atoms with E-state index in [4.69, 9.17) is 0 Å². The van der Waals surface area contributed by atoms with Crippen LogP contribution in [-0.2, 0) is 4.79 Å². The van der Waals surface area contributed by atoms with E-state index in [2.05, 4.69) is 11.8 Å². The van der Waals surface area contributed by atoms with Crippen molar-refractivity contribution < 1.29 is 9.90 Å². The first-order chi connectivity index (χ1) is 7.69. The zero-order chi connectivity index (χ0) is 11.6. The van der Waals surface area contributed by atoms with E-state index in [1.54, 1.807) is 0 Å². The van der Waals surface area contributed by atoms with Gasteiger partial charge in [0.05, 0.1) is 5.41 Å². The molecule has 0 unspecified atom stereocenters. The highest BCUT2D eigenvalue weighted by molar-refractivity contribution is 7.99. The Morgan fingerprint density at radius 2 is 2.44 bits per heavy atom. The molecule has 0 amide bonds. The van der Waals surface area contributed by atoms with Crippen LogP contribution in [0.15, 0.2) is 0 Å². The molecular formula is C12H21NO2S. The molecule has 1 heterocycles. The second kappa shape index (κ2) is 4.96. The smallest absolute Gasteiger partial charge is 0.311 e. The van der Waals surface area contributed by atoms with E-state index in [0.717, 1.165) is 50.4 Å². The fraction of sp³-hybridized carbons (Fsp3) is 0.917. The minimum atomic E-state index is -0.555. The number of hydrogen-bond acceptors (Lipinski definition) is 3. The molecule has 1 N–H and O–H groups in total. The molecule has 16 heavy (non-hydrogen) atoms. The molecule has 1 saturated heterocycles. The Morgan fingerprint density at radius 1 is 1.62 bits per heavy atom. The van der Waals surface area contributed by atoms with Gasteiger partial charge < -0.3 is 10.0 Å². The van der Waals surface area contributed by atoms with Crippen LogP contribution in [0.1, 0.15) is 26.2 Å². The Hall–Kier alpha value is -0.220. The molecule has 1 saturated carbocycles. The normalized spacial score (nSPS) is 34.2. The number of thioether (sulfide) groups is 1. The van der Waals surface area contributed by atoms with Gasteiger partial charge >= 0.3 is 5.97 Å². The zero-order valence-electron chi connectivity index (χ0n) is 9.95. The molecule has 3 nitrogen and oxygen atoms in total. The van der Waals surface area contributed by atoms with E-state index in [9.17, 15) is 9.90 Å².